The van der Waals surface area contributed by atoms with Crippen molar-refractivity contribution in [2.24, 2.45) is 5.73 Å². The molecule has 1 aliphatic heterocycles. The van der Waals surface area contributed by atoms with Crippen molar-refractivity contribution in [3.05, 3.63) is 59.7 Å². The zero-order valence-electron chi connectivity index (χ0n) is 15.3. The maximum Gasteiger partial charge on any atom is 0.323 e. The molecule has 0 fully saturated rings. The first-order valence-electron chi connectivity index (χ1n) is 8.85. The van der Waals surface area contributed by atoms with Crippen LogP contribution in [-0.4, -0.2) is 43.1 Å². The highest BCUT2D eigenvalue weighted by Crippen LogP contribution is 2.26. The molecule has 0 spiro atoms. The van der Waals surface area contributed by atoms with Crippen molar-refractivity contribution in [1.82, 2.24) is 4.90 Å². The van der Waals surface area contributed by atoms with Crippen LogP contribution >= 0.6 is 0 Å². The number of carbonyl (C=O) groups excluding carboxylic acids is 2. The first-order chi connectivity index (χ1) is 13.1. The summed E-state index contributed by atoms with van der Waals surface area (Å²) in [5.74, 6) is -0.123. The van der Waals surface area contributed by atoms with E-state index in [0.717, 1.165) is 22.5 Å². The number of fused-ring (bicyclic) bond motifs is 1. The van der Waals surface area contributed by atoms with Crippen LogP contribution in [0.15, 0.2) is 48.5 Å². The van der Waals surface area contributed by atoms with E-state index in [2.05, 4.69) is 10.6 Å². The minimum Gasteiger partial charge on any atom is -0.383 e. The van der Waals surface area contributed by atoms with Crippen LogP contribution in [0.5, 0.6) is 0 Å². The maximum atomic E-state index is 12.4. The second-order valence-electron chi connectivity index (χ2n) is 6.46. The lowest BCUT2D eigenvalue weighted by Crippen LogP contribution is -2.47. The predicted octanol–water partition coefficient (Wildman–Crippen LogP) is 2.19. The molecule has 3 rings (SSSR count). The van der Waals surface area contributed by atoms with Gasteiger partial charge in [-0.15, -0.1) is 0 Å². The molecule has 2 aromatic carbocycles. The molecule has 4 N–H and O–H groups in total. The van der Waals surface area contributed by atoms with E-state index in [0.29, 0.717) is 19.5 Å². The van der Waals surface area contributed by atoms with E-state index in [-0.39, 0.29) is 18.5 Å². The van der Waals surface area contributed by atoms with E-state index in [1.54, 1.807) is 4.90 Å². The number of benzene rings is 2. The van der Waals surface area contributed by atoms with Gasteiger partial charge in [0.2, 0.25) is 5.91 Å². The monoisotopic (exact) mass is 368 g/mol. The average Bonchev–Trinajstić information content (AvgIpc) is 2.68. The van der Waals surface area contributed by atoms with Crippen LogP contribution in [0.25, 0.3) is 0 Å². The number of hydrogen-bond acceptors (Lipinski definition) is 4. The number of amides is 3. The van der Waals surface area contributed by atoms with Crippen LogP contribution in [-0.2, 0) is 22.5 Å². The Balaban J connectivity index is 1.68. The second-order valence-corrected chi connectivity index (χ2v) is 6.46. The Bertz CT molecular complexity index is 810. The lowest BCUT2D eigenvalue weighted by atomic mass is 9.97. The van der Waals surface area contributed by atoms with Crippen LogP contribution in [0.3, 0.4) is 0 Å². The zero-order chi connectivity index (χ0) is 19.2. The number of methoxy groups -OCH3 is 1. The summed E-state index contributed by atoms with van der Waals surface area (Å²) in [5, 5.41) is 5.72. The Kier molecular flexibility index (Phi) is 6.05. The summed E-state index contributed by atoms with van der Waals surface area (Å²) in [7, 11) is 1.52. The lowest BCUT2D eigenvalue weighted by Gasteiger charge is -2.31. The van der Waals surface area contributed by atoms with Gasteiger partial charge in [0.05, 0.1) is 6.61 Å². The highest BCUT2D eigenvalue weighted by atomic mass is 16.5. The number of nitrogens with one attached hydrogen (secondary N) is 2. The first-order valence-corrected chi connectivity index (χ1v) is 8.85. The van der Waals surface area contributed by atoms with Gasteiger partial charge in [-0.2, -0.15) is 0 Å². The molecule has 27 heavy (non-hydrogen) atoms. The topological polar surface area (TPSA) is 96.7 Å². The van der Waals surface area contributed by atoms with Gasteiger partial charge in [0, 0.05) is 31.6 Å². The van der Waals surface area contributed by atoms with Crippen molar-refractivity contribution < 1.29 is 14.3 Å². The molecule has 1 unspecified atom stereocenters. The maximum absolute atomic E-state index is 12.4. The van der Waals surface area contributed by atoms with Gasteiger partial charge >= 0.3 is 6.03 Å². The number of ether oxygens (including phenoxy) is 1. The van der Waals surface area contributed by atoms with Gasteiger partial charge in [0.25, 0.3) is 0 Å². The minimum atomic E-state index is -0.658. The number of anilines is 2. The van der Waals surface area contributed by atoms with Crippen LogP contribution < -0.4 is 16.4 Å². The Morgan fingerprint density at radius 3 is 2.67 bits per heavy atom. The standard InChI is InChI=1S/C20H24N4O3/c1-27-13-17(21)19(25)24-11-10-16-14(12-24)6-5-9-18(16)23-20(26)22-15-7-3-2-4-8-15/h2-9,17H,10-13,21H2,1H3,(H2,22,23,26). The number of nitrogens with zero attached hydrogens (tertiary/aromatic N) is 1. The highest BCUT2D eigenvalue weighted by Gasteiger charge is 2.26. The van der Waals surface area contributed by atoms with Crippen molar-refractivity contribution in [1.29, 1.82) is 0 Å². The molecule has 0 saturated heterocycles. The highest BCUT2D eigenvalue weighted by molar-refractivity contribution is 6.00. The second kappa shape index (κ2) is 8.66. The smallest absolute Gasteiger partial charge is 0.323 e. The Labute approximate surface area is 158 Å². The zero-order valence-corrected chi connectivity index (χ0v) is 15.3. The molecular formula is C20H24N4O3. The molecule has 1 atom stereocenters. The van der Waals surface area contributed by atoms with Crippen molar-refractivity contribution >= 4 is 23.3 Å². The summed E-state index contributed by atoms with van der Waals surface area (Å²) in [6.07, 6.45) is 0.655. The number of nitrogens with two attached hydrogens (primary N) is 1. The van der Waals surface area contributed by atoms with Crippen molar-refractivity contribution in [2.75, 3.05) is 30.9 Å². The molecule has 0 bridgehead atoms. The molecule has 0 aliphatic carbocycles. The molecule has 0 saturated carbocycles. The summed E-state index contributed by atoms with van der Waals surface area (Å²) >= 11 is 0. The Morgan fingerprint density at radius 2 is 1.93 bits per heavy atom. The molecule has 0 aromatic heterocycles. The molecule has 7 heteroatoms. The average molecular weight is 368 g/mol. The van der Waals surface area contributed by atoms with Crippen molar-refractivity contribution in [2.45, 2.75) is 19.0 Å². The third-order valence-electron chi connectivity index (χ3n) is 4.52. The molecule has 142 valence electrons. The van der Waals surface area contributed by atoms with E-state index >= 15 is 0 Å². The quantitative estimate of drug-likeness (QED) is 0.754. The van der Waals surface area contributed by atoms with Crippen LogP contribution in [0.4, 0.5) is 16.2 Å². The lowest BCUT2D eigenvalue weighted by molar-refractivity contribution is -0.134. The molecule has 1 aliphatic rings. The third-order valence-corrected chi connectivity index (χ3v) is 4.52. The van der Waals surface area contributed by atoms with Crippen LogP contribution in [0.1, 0.15) is 11.1 Å². The Morgan fingerprint density at radius 1 is 1.15 bits per heavy atom. The summed E-state index contributed by atoms with van der Waals surface area (Å²) in [6.45, 7) is 1.23. The summed E-state index contributed by atoms with van der Waals surface area (Å²) in [5.41, 5.74) is 9.41. The largest absolute Gasteiger partial charge is 0.383 e. The van der Waals surface area contributed by atoms with Gasteiger partial charge in [-0.25, -0.2) is 4.79 Å². The van der Waals surface area contributed by atoms with Crippen molar-refractivity contribution in [3.8, 4) is 0 Å². The van der Waals surface area contributed by atoms with Gasteiger partial charge in [-0.3, -0.25) is 4.79 Å². The van der Waals surface area contributed by atoms with Crippen LogP contribution in [0.2, 0.25) is 0 Å². The van der Waals surface area contributed by atoms with E-state index in [4.69, 9.17) is 10.5 Å². The van der Waals surface area contributed by atoms with E-state index < -0.39 is 6.04 Å². The fraction of sp³-hybridized carbons (Fsp3) is 0.300. The predicted molar refractivity (Wildman–Crippen MR) is 104 cm³/mol. The number of carbonyl (C=O) groups is 2. The normalized spacial score (nSPS) is 14.2. The van der Waals surface area contributed by atoms with Crippen molar-refractivity contribution in [3.63, 3.8) is 0 Å². The van der Waals surface area contributed by atoms with Gasteiger partial charge in [-0.05, 0) is 35.7 Å². The summed E-state index contributed by atoms with van der Waals surface area (Å²) in [6, 6.07) is 14.0. The number of rotatable bonds is 5. The molecule has 7 nitrogen and oxygen atoms in total. The molecule has 3 amide bonds. The van der Waals surface area contributed by atoms with E-state index in [1.807, 2.05) is 48.5 Å². The molecular weight excluding hydrogens is 344 g/mol. The summed E-state index contributed by atoms with van der Waals surface area (Å²) < 4.78 is 4.97. The first kappa shape index (κ1) is 18.9. The van der Waals surface area contributed by atoms with E-state index in [9.17, 15) is 9.59 Å². The number of hydrogen-bond donors (Lipinski definition) is 3. The van der Waals surface area contributed by atoms with Crippen LogP contribution in [0, 0.1) is 0 Å². The minimum absolute atomic E-state index is 0.123. The van der Waals surface area contributed by atoms with Gasteiger partial charge in [0.1, 0.15) is 6.04 Å². The molecule has 1 heterocycles. The van der Waals surface area contributed by atoms with Gasteiger partial charge < -0.3 is 26.0 Å². The fourth-order valence-corrected chi connectivity index (χ4v) is 3.21. The molecule has 0 radical (unpaired) electrons. The molecule has 2 aromatic rings. The number of para-hydroxylation sites is 1. The SMILES string of the molecule is COCC(N)C(=O)N1CCc2c(cccc2NC(=O)Nc2ccccc2)C1. The number of urea groups is 1. The Hall–Kier alpha value is -2.90. The van der Waals surface area contributed by atoms with Gasteiger partial charge in [0.15, 0.2) is 0 Å². The van der Waals surface area contributed by atoms with E-state index in [1.165, 1.54) is 7.11 Å². The third kappa shape index (κ3) is 4.64. The summed E-state index contributed by atoms with van der Waals surface area (Å²) in [4.78, 5) is 26.4. The van der Waals surface area contributed by atoms with Gasteiger partial charge in [-0.1, -0.05) is 30.3 Å². The fourth-order valence-electron chi connectivity index (χ4n) is 3.21.